The smallest absolute Gasteiger partial charge is 0.326 e. The average molecular weight is 286 g/mol. The van der Waals surface area contributed by atoms with Crippen LogP contribution in [0.2, 0.25) is 5.02 Å². The Kier molecular flexibility index (Phi) is 5.79. The Morgan fingerprint density at radius 3 is 2.74 bits per heavy atom. The maximum atomic E-state index is 12.0. The van der Waals surface area contributed by atoms with E-state index in [4.69, 9.17) is 21.4 Å². The van der Waals surface area contributed by atoms with Crippen molar-refractivity contribution in [3.05, 3.63) is 34.3 Å². The van der Waals surface area contributed by atoms with Crippen LogP contribution in [0.3, 0.4) is 0 Å². The fourth-order valence-electron chi connectivity index (χ4n) is 1.57. The third kappa shape index (κ3) is 4.54. The van der Waals surface area contributed by atoms with E-state index in [9.17, 15) is 9.59 Å². The number of ether oxygens (including phenoxy) is 1. The summed E-state index contributed by atoms with van der Waals surface area (Å²) in [4.78, 5) is 23.0. The minimum Gasteiger partial charge on any atom is -0.480 e. The van der Waals surface area contributed by atoms with Crippen molar-refractivity contribution in [1.82, 2.24) is 5.32 Å². The van der Waals surface area contributed by atoms with Gasteiger partial charge in [-0.15, -0.1) is 0 Å². The fraction of sp³-hybridized carbons (Fsp3) is 0.385. The van der Waals surface area contributed by atoms with Crippen LogP contribution in [0.4, 0.5) is 0 Å². The van der Waals surface area contributed by atoms with Gasteiger partial charge in [-0.3, -0.25) is 4.79 Å². The normalized spacial score (nSPS) is 11.9. The summed E-state index contributed by atoms with van der Waals surface area (Å²) in [5, 5.41) is 11.9. The molecular weight excluding hydrogens is 270 g/mol. The van der Waals surface area contributed by atoms with Crippen molar-refractivity contribution in [2.45, 2.75) is 19.4 Å². The van der Waals surface area contributed by atoms with Crippen molar-refractivity contribution in [2.24, 2.45) is 0 Å². The Morgan fingerprint density at radius 1 is 1.47 bits per heavy atom. The highest BCUT2D eigenvalue weighted by molar-refractivity contribution is 6.31. The first-order valence-electron chi connectivity index (χ1n) is 5.74. The van der Waals surface area contributed by atoms with E-state index in [1.807, 2.05) is 0 Å². The molecule has 2 N–H and O–H groups in total. The number of carbonyl (C=O) groups excluding carboxylic acids is 1. The molecule has 1 unspecified atom stereocenters. The minimum atomic E-state index is -1.09. The number of halogens is 1. The zero-order valence-electron chi connectivity index (χ0n) is 10.8. The van der Waals surface area contributed by atoms with Crippen molar-refractivity contribution < 1.29 is 19.4 Å². The lowest BCUT2D eigenvalue weighted by molar-refractivity contribution is -0.139. The van der Waals surface area contributed by atoms with Gasteiger partial charge in [0.05, 0.1) is 0 Å². The summed E-state index contributed by atoms with van der Waals surface area (Å²) < 4.78 is 4.82. The molecule has 0 fully saturated rings. The lowest BCUT2D eigenvalue weighted by atomic mass is 10.1. The summed E-state index contributed by atoms with van der Waals surface area (Å²) in [5.74, 6) is -1.55. The number of carboxylic acids is 1. The number of methoxy groups -OCH3 is 1. The lowest BCUT2D eigenvalue weighted by Gasteiger charge is -2.15. The highest BCUT2D eigenvalue weighted by atomic mass is 35.5. The van der Waals surface area contributed by atoms with Gasteiger partial charge in [-0.25, -0.2) is 4.79 Å². The van der Waals surface area contributed by atoms with Crippen LogP contribution >= 0.6 is 11.6 Å². The van der Waals surface area contributed by atoms with E-state index in [1.54, 1.807) is 19.1 Å². The number of hydrogen-bond donors (Lipinski definition) is 2. The van der Waals surface area contributed by atoms with Crippen LogP contribution in [0.15, 0.2) is 18.2 Å². The van der Waals surface area contributed by atoms with Crippen LogP contribution in [0.1, 0.15) is 22.3 Å². The molecule has 0 aliphatic rings. The monoisotopic (exact) mass is 285 g/mol. The molecule has 19 heavy (non-hydrogen) atoms. The molecule has 0 heterocycles. The Bertz CT molecular complexity index is 476. The standard InChI is InChI=1S/C13H16ClNO4/c1-8-3-4-9(14)7-10(8)12(16)15-11(13(17)18)5-6-19-2/h3-4,7,11H,5-6H2,1-2H3,(H,15,16)(H,17,18). The summed E-state index contributed by atoms with van der Waals surface area (Å²) in [5.41, 5.74) is 1.11. The third-order valence-electron chi connectivity index (χ3n) is 2.66. The zero-order valence-corrected chi connectivity index (χ0v) is 11.5. The van der Waals surface area contributed by atoms with Gasteiger partial charge in [0, 0.05) is 30.7 Å². The Balaban J connectivity index is 2.81. The predicted octanol–water partition coefficient (Wildman–Crippen LogP) is 1.87. The van der Waals surface area contributed by atoms with Crippen LogP contribution in [-0.4, -0.2) is 36.7 Å². The minimum absolute atomic E-state index is 0.206. The number of carbonyl (C=O) groups is 2. The van der Waals surface area contributed by atoms with E-state index in [0.29, 0.717) is 10.6 Å². The molecule has 5 nitrogen and oxygen atoms in total. The lowest BCUT2D eigenvalue weighted by Crippen LogP contribution is -2.41. The van der Waals surface area contributed by atoms with Gasteiger partial charge in [0.25, 0.3) is 5.91 Å². The second-order valence-corrected chi connectivity index (χ2v) is 4.54. The molecule has 104 valence electrons. The molecule has 0 spiro atoms. The SMILES string of the molecule is COCCC(NC(=O)c1cc(Cl)ccc1C)C(=O)O. The molecule has 1 aromatic carbocycles. The van der Waals surface area contributed by atoms with Gasteiger partial charge in [0.2, 0.25) is 0 Å². The largest absolute Gasteiger partial charge is 0.480 e. The quantitative estimate of drug-likeness (QED) is 0.836. The zero-order chi connectivity index (χ0) is 14.4. The molecule has 1 aromatic rings. The highest BCUT2D eigenvalue weighted by Gasteiger charge is 2.21. The Morgan fingerprint density at radius 2 is 2.16 bits per heavy atom. The molecule has 0 saturated heterocycles. The summed E-state index contributed by atoms with van der Waals surface area (Å²) in [7, 11) is 1.47. The maximum absolute atomic E-state index is 12.0. The molecule has 0 aliphatic carbocycles. The maximum Gasteiger partial charge on any atom is 0.326 e. The van der Waals surface area contributed by atoms with Crippen LogP contribution < -0.4 is 5.32 Å². The summed E-state index contributed by atoms with van der Waals surface area (Å²) in [6, 6.07) is 3.92. The van der Waals surface area contributed by atoms with E-state index in [-0.39, 0.29) is 13.0 Å². The van der Waals surface area contributed by atoms with Crippen molar-refractivity contribution >= 4 is 23.5 Å². The highest BCUT2D eigenvalue weighted by Crippen LogP contribution is 2.15. The second-order valence-electron chi connectivity index (χ2n) is 4.11. The van der Waals surface area contributed by atoms with Crippen molar-refractivity contribution in [3.8, 4) is 0 Å². The molecule has 0 saturated carbocycles. The summed E-state index contributed by atoms with van der Waals surface area (Å²) in [6.45, 7) is 2.02. The number of amides is 1. The number of aryl methyl sites for hydroxylation is 1. The van der Waals surface area contributed by atoms with Crippen molar-refractivity contribution in [1.29, 1.82) is 0 Å². The molecule has 0 radical (unpaired) electrons. The first-order valence-corrected chi connectivity index (χ1v) is 6.12. The molecule has 0 bridgehead atoms. The van der Waals surface area contributed by atoms with Gasteiger partial charge in [0.15, 0.2) is 0 Å². The van der Waals surface area contributed by atoms with Crippen LogP contribution in [0, 0.1) is 6.92 Å². The number of hydrogen-bond acceptors (Lipinski definition) is 3. The fourth-order valence-corrected chi connectivity index (χ4v) is 1.74. The van der Waals surface area contributed by atoms with E-state index in [1.165, 1.54) is 13.2 Å². The first-order chi connectivity index (χ1) is 8.95. The number of benzene rings is 1. The number of rotatable bonds is 6. The van der Waals surface area contributed by atoms with E-state index in [0.717, 1.165) is 5.56 Å². The van der Waals surface area contributed by atoms with Gasteiger partial charge in [-0.05, 0) is 24.6 Å². The van der Waals surface area contributed by atoms with Crippen LogP contribution in [-0.2, 0) is 9.53 Å². The second kappa shape index (κ2) is 7.11. The van der Waals surface area contributed by atoms with Gasteiger partial charge >= 0.3 is 5.97 Å². The molecule has 1 rings (SSSR count). The number of carboxylic acid groups (broad SMARTS) is 1. The number of nitrogens with one attached hydrogen (secondary N) is 1. The molecular formula is C13H16ClNO4. The van der Waals surface area contributed by atoms with Gasteiger partial charge in [0.1, 0.15) is 6.04 Å². The van der Waals surface area contributed by atoms with Crippen molar-refractivity contribution in [2.75, 3.05) is 13.7 Å². The first kappa shape index (κ1) is 15.5. The molecule has 1 atom stereocenters. The van der Waals surface area contributed by atoms with E-state index < -0.39 is 17.9 Å². The van der Waals surface area contributed by atoms with E-state index in [2.05, 4.69) is 5.32 Å². The third-order valence-corrected chi connectivity index (χ3v) is 2.89. The Labute approximate surface area is 116 Å². The number of aliphatic carboxylic acids is 1. The van der Waals surface area contributed by atoms with Gasteiger partial charge < -0.3 is 15.2 Å². The molecule has 1 amide bonds. The van der Waals surface area contributed by atoms with Crippen LogP contribution in [0.25, 0.3) is 0 Å². The van der Waals surface area contributed by atoms with Gasteiger partial charge in [-0.2, -0.15) is 0 Å². The summed E-state index contributed by atoms with van der Waals surface area (Å²) >= 11 is 5.83. The van der Waals surface area contributed by atoms with E-state index >= 15 is 0 Å². The predicted molar refractivity (Wildman–Crippen MR) is 71.6 cm³/mol. The van der Waals surface area contributed by atoms with Crippen molar-refractivity contribution in [3.63, 3.8) is 0 Å². The summed E-state index contributed by atoms with van der Waals surface area (Å²) in [6.07, 6.45) is 0.206. The molecule has 0 aliphatic heterocycles. The topological polar surface area (TPSA) is 75.6 Å². The molecule has 6 heteroatoms. The van der Waals surface area contributed by atoms with Crippen LogP contribution in [0.5, 0.6) is 0 Å². The van der Waals surface area contributed by atoms with Gasteiger partial charge in [-0.1, -0.05) is 17.7 Å². The average Bonchev–Trinajstić information content (AvgIpc) is 2.36. The molecule has 0 aromatic heterocycles. The Hall–Kier alpha value is -1.59.